The van der Waals surface area contributed by atoms with Crippen molar-refractivity contribution >= 4 is 33.2 Å². The maximum atomic E-state index is 12.9. The van der Waals surface area contributed by atoms with Gasteiger partial charge in [0.1, 0.15) is 15.7 Å². The minimum absolute atomic E-state index is 0.124. The number of thioether (sulfide) groups is 1. The highest BCUT2D eigenvalue weighted by Crippen LogP contribution is 2.20. The number of hydrogen-bond acceptors (Lipinski definition) is 3. The van der Waals surface area contributed by atoms with Gasteiger partial charge in [-0.05, 0) is 29.9 Å². The summed E-state index contributed by atoms with van der Waals surface area (Å²) < 4.78 is 34.6. The molecule has 0 saturated carbocycles. The molecule has 0 spiro atoms. The Labute approximate surface area is 110 Å². The Morgan fingerprint density at radius 2 is 2.12 bits per heavy atom. The number of sulfone groups is 1. The molecule has 1 aromatic rings. The molecule has 0 bridgehead atoms. The van der Waals surface area contributed by atoms with Gasteiger partial charge in [-0.2, -0.15) is 11.8 Å². The first-order valence-corrected chi connectivity index (χ1v) is 8.67. The third-order valence-electron chi connectivity index (χ3n) is 2.06. The van der Waals surface area contributed by atoms with Crippen molar-refractivity contribution < 1.29 is 12.8 Å². The van der Waals surface area contributed by atoms with E-state index in [1.54, 1.807) is 23.9 Å². The summed E-state index contributed by atoms with van der Waals surface area (Å²) in [4.78, 5) is 0. The molecule has 0 aromatic heterocycles. The van der Waals surface area contributed by atoms with Crippen LogP contribution in [0.4, 0.5) is 4.39 Å². The van der Waals surface area contributed by atoms with Crippen LogP contribution in [0.2, 0.25) is 5.02 Å². The number of halogens is 2. The van der Waals surface area contributed by atoms with Crippen molar-refractivity contribution in [3.63, 3.8) is 0 Å². The fraction of sp³-hybridized carbons (Fsp3) is 0.455. The third kappa shape index (κ3) is 6.29. The lowest BCUT2D eigenvalue weighted by molar-refractivity contribution is 0.600. The van der Waals surface area contributed by atoms with E-state index in [9.17, 15) is 12.8 Å². The van der Waals surface area contributed by atoms with E-state index in [-0.39, 0.29) is 10.8 Å². The highest BCUT2D eigenvalue weighted by atomic mass is 35.5. The summed E-state index contributed by atoms with van der Waals surface area (Å²) >= 11 is 7.27. The van der Waals surface area contributed by atoms with Gasteiger partial charge in [0.05, 0.1) is 10.8 Å². The van der Waals surface area contributed by atoms with Crippen LogP contribution in [0.3, 0.4) is 0 Å². The van der Waals surface area contributed by atoms with Gasteiger partial charge in [-0.15, -0.1) is 0 Å². The van der Waals surface area contributed by atoms with Gasteiger partial charge >= 0.3 is 0 Å². The zero-order valence-electron chi connectivity index (χ0n) is 9.45. The summed E-state index contributed by atoms with van der Waals surface area (Å²) in [6.07, 6.45) is 1.87. The first-order chi connectivity index (χ1) is 7.88. The molecule has 0 aliphatic carbocycles. The van der Waals surface area contributed by atoms with Crippen molar-refractivity contribution in [2.75, 3.05) is 17.8 Å². The van der Waals surface area contributed by atoms with E-state index in [4.69, 9.17) is 11.6 Å². The van der Waals surface area contributed by atoms with Gasteiger partial charge in [0.15, 0.2) is 0 Å². The average molecular weight is 297 g/mol. The molecule has 0 aliphatic heterocycles. The van der Waals surface area contributed by atoms with E-state index in [0.717, 1.165) is 11.3 Å². The molecular formula is C11H14ClFO2S2. The van der Waals surface area contributed by atoms with Gasteiger partial charge in [0, 0.05) is 12.0 Å². The lowest BCUT2D eigenvalue weighted by Crippen LogP contribution is -2.03. The largest absolute Gasteiger partial charge is 0.229 e. The lowest BCUT2D eigenvalue weighted by atomic mass is 10.2. The van der Waals surface area contributed by atoms with Crippen molar-refractivity contribution in [2.45, 2.75) is 12.2 Å². The Morgan fingerprint density at radius 3 is 2.71 bits per heavy atom. The summed E-state index contributed by atoms with van der Waals surface area (Å²) in [5.41, 5.74) is 0.945. The fourth-order valence-electron chi connectivity index (χ4n) is 1.24. The van der Waals surface area contributed by atoms with Crippen LogP contribution < -0.4 is 0 Å². The van der Waals surface area contributed by atoms with Crippen LogP contribution in [-0.4, -0.2) is 26.2 Å². The SMILES string of the molecule is CS(=O)(=O)CCCSCc1ccc(F)c(Cl)c1. The molecule has 6 heteroatoms. The maximum Gasteiger partial charge on any atom is 0.147 e. The molecule has 1 rings (SSSR count). The monoisotopic (exact) mass is 296 g/mol. The average Bonchev–Trinajstić information content (AvgIpc) is 2.21. The van der Waals surface area contributed by atoms with Crippen LogP contribution in [0.1, 0.15) is 12.0 Å². The molecule has 0 saturated heterocycles. The van der Waals surface area contributed by atoms with Crippen molar-refractivity contribution in [1.82, 2.24) is 0 Å². The van der Waals surface area contributed by atoms with E-state index < -0.39 is 15.7 Å². The minimum Gasteiger partial charge on any atom is -0.229 e. The Kier molecular flexibility index (Phi) is 5.76. The quantitative estimate of drug-likeness (QED) is 0.756. The summed E-state index contributed by atoms with van der Waals surface area (Å²) in [7, 11) is -2.87. The molecule has 0 aliphatic rings. The first-order valence-electron chi connectivity index (χ1n) is 5.08. The molecule has 2 nitrogen and oxygen atoms in total. The Morgan fingerprint density at radius 1 is 1.41 bits per heavy atom. The van der Waals surface area contributed by atoms with Crippen molar-refractivity contribution in [2.24, 2.45) is 0 Å². The van der Waals surface area contributed by atoms with Crippen molar-refractivity contribution in [1.29, 1.82) is 0 Å². The lowest BCUT2D eigenvalue weighted by Gasteiger charge is -2.03. The molecule has 17 heavy (non-hydrogen) atoms. The molecule has 0 unspecified atom stereocenters. The smallest absolute Gasteiger partial charge is 0.147 e. The molecule has 0 atom stereocenters. The predicted octanol–water partition coefficient (Wildman–Crippen LogP) is 3.15. The zero-order valence-corrected chi connectivity index (χ0v) is 11.8. The van der Waals surface area contributed by atoms with Gasteiger partial charge in [0.2, 0.25) is 0 Å². The summed E-state index contributed by atoms with van der Waals surface area (Å²) in [5, 5.41) is 0.124. The summed E-state index contributed by atoms with van der Waals surface area (Å²) in [5.74, 6) is 1.27. The molecule has 0 fully saturated rings. The Balaban J connectivity index is 2.29. The van der Waals surface area contributed by atoms with Crippen LogP contribution >= 0.6 is 23.4 Å². The topological polar surface area (TPSA) is 34.1 Å². The second-order valence-electron chi connectivity index (χ2n) is 3.78. The molecular weight excluding hydrogens is 283 g/mol. The van der Waals surface area contributed by atoms with Crippen molar-refractivity contribution in [3.05, 3.63) is 34.6 Å². The summed E-state index contributed by atoms with van der Waals surface area (Å²) in [6, 6.07) is 4.62. The first kappa shape index (κ1) is 14.8. The normalized spacial score (nSPS) is 11.7. The highest BCUT2D eigenvalue weighted by molar-refractivity contribution is 7.98. The molecule has 0 radical (unpaired) electrons. The van der Waals surface area contributed by atoms with E-state index in [0.29, 0.717) is 12.2 Å². The molecule has 0 heterocycles. The molecule has 0 amide bonds. The van der Waals surface area contributed by atoms with E-state index in [1.165, 1.54) is 12.3 Å². The predicted molar refractivity (Wildman–Crippen MR) is 71.9 cm³/mol. The number of benzene rings is 1. The van der Waals surface area contributed by atoms with Gasteiger partial charge < -0.3 is 0 Å². The van der Waals surface area contributed by atoms with E-state index in [1.807, 2.05) is 0 Å². The van der Waals surface area contributed by atoms with E-state index in [2.05, 4.69) is 0 Å². The van der Waals surface area contributed by atoms with Crippen LogP contribution in [0.15, 0.2) is 18.2 Å². The van der Waals surface area contributed by atoms with Crippen LogP contribution in [-0.2, 0) is 15.6 Å². The summed E-state index contributed by atoms with van der Waals surface area (Å²) in [6.45, 7) is 0. The van der Waals surface area contributed by atoms with Gasteiger partial charge in [-0.25, -0.2) is 12.8 Å². The van der Waals surface area contributed by atoms with Gasteiger partial charge in [-0.1, -0.05) is 17.7 Å². The Hall–Kier alpha value is -0.260. The molecule has 1 aromatic carbocycles. The standard InChI is InChI=1S/C11H14ClFO2S2/c1-17(14,15)6-2-5-16-8-9-3-4-11(13)10(12)7-9/h3-4,7H,2,5-6,8H2,1H3. The third-order valence-corrected chi connectivity index (χ3v) is 4.49. The maximum absolute atomic E-state index is 12.9. The van der Waals surface area contributed by atoms with Gasteiger partial charge in [-0.3, -0.25) is 0 Å². The zero-order chi connectivity index (χ0) is 12.9. The van der Waals surface area contributed by atoms with Crippen molar-refractivity contribution in [3.8, 4) is 0 Å². The van der Waals surface area contributed by atoms with Crippen LogP contribution in [0, 0.1) is 5.82 Å². The number of rotatable bonds is 6. The van der Waals surface area contributed by atoms with Crippen LogP contribution in [0.25, 0.3) is 0 Å². The minimum atomic E-state index is -2.87. The second-order valence-corrected chi connectivity index (χ2v) is 7.56. The van der Waals surface area contributed by atoms with Crippen LogP contribution in [0.5, 0.6) is 0 Å². The fourth-order valence-corrected chi connectivity index (χ4v) is 3.21. The Bertz CT molecular complexity index is 474. The highest BCUT2D eigenvalue weighted by Gasteiger charge is 2.03. The van der Waals surface area contributed by atoms with Gasteiger partial charge in [0.25, 0.3) is 0 Å². The molecule has 96 valence electrons. The van der Waals surface area contributed by atoms with E-state index >= 15 is 0 Å². The second kappa shape index (κ2) is 6.61. The molecule has 0 N–H and O–H groups in total. The number of hydrogen-bond donors (Lipinski definition) is 0.